The zero-order chi connectivity index (χ0) is 13.8. The van der Waals surface area contributed by atoms with E-state index in [0.717, 1.165) is 29.4 Å². The van der Waals surface area contributed by atoms with Crippen LogP contribution in [0.15, 0.2) is 41.4 Å². The first-order chi connectivity index (χ1) is 9.81. The number of rotatable bonds is 7. The topological polar surface area (TPSA) is 39.1 Å². The van der Waals surface area contributed by atoms with E-state index in [1.54, 1.807) is 12.5 Å². The predicted molar refractivity (Wildman–Crippen MR) is 81.7 cm³/mol. The Balaban J connectivity index is 1.50. The van der Waals surface area contributed by atoms with Crippen LogP contribution in [0.25, 0.3) is 0 Å². The van der Waals surface area contributed by atoms with Crippen LogP contribution in [0.2, 0.25) is 0 Å². The van der Waals surface area contributed by atoms with Crippen LogP contribution >= 0.6 is 15.9 Å². The van der Waals surface area contributed by atoms with Gasteiger partial charge in [-0.1, -0.05) is 6.07 Å². The average molecular weight is 336 g/mol. The number of nitrogens with zero attached hydrogens (tertiary/aromatic N) is 2. The highest BCUT2D eigenvalue weighted by Gasteiger charge is 2.19. The van der Waals surface area contributed by atoms with Gasteiger partial charge in [-0.2, -0.15) is 0 Å². The van der Waals surface area contributed by atoms with E-state index in [4.69, 9.17) is 4.74 Å². The van der Waals surface area contributed by atoms with E-state index in [-0.39, 0.29) is 0 Å². The number of hydrogen-bond acceptors (Lipinski definition) is 3. The standard InChI is InChI=1S/C15H18BrN3O/c16-14-9-12(10-18-13-2-3-13)1-4-15(14)20-8-7-19-6-5-17-11-19/h1,4-6,9,11,13,18H,2-3,7-8,10H2. The molecule has 1 saturated carbocycles. The lowest BCUT2D eigenvalue weighted by Crippen LogP contribution is -2.15. The van der Waals surface area contributed by atoms with Gasteiger partial charge < -0.3 is 14.6 Å². The minimum absolute atomic E-state index is 0.634. The van der Waals surface area contributed by atoms with Crippen LogP contribution in [-0.4, -0.2) is 22.2 Å². The number of ether oxygens (including phenoxy) is 1. The highest BCUT2D eigenvalue weighted by Crippen LogP contribution is 2.26. The maximum Gasteiger partial charge on any atom is 0.133 e. The molecule has 2 aromatic rings. The molecule has 0 spiro atoms. The Morgan fingerprint density at radius 1 is 1.40 bits per heavy atom. The summed E-state index contributed by atoms with van der Waals surface area (Å²) in [5.41, 5.74) is 1.28. The average Bonchev–Trinajstić information content (AvgIpc) is 3.14. The van der Waals surface area contributed by atoms with Gasteiger partial charge in [-0.25, -0.2) is 4.98 Å². The number of benzene rings is 1. The first kappa shape index (κ1) is 13.6. The zero-order valence-corrected chi connectivity index (χ0v) is 12.8. The molecule has 106 valence electrons. The van der Waals surface area contributed by atoms with Crippen molar-refractivity contribution in [2.75, 3.05) is 6.61 Å². The molecule has 1 fully saturated rings. The van der Waals surface area contributed by atoms with Crippen LogP contribution in [0.3, 0.4) is 0 Å². The lowest BCUT2D eigenvalue weighted by molar-refractivity contribution is 0.296. The molecule has 0 radical (unpaired) electrons. The number of halogens is 1. The fourth-order valence-corrected chi connectivity index (χ4v) is 2.54. The summed E-state index contributed by atoms with van der Waals surface area (Å²) >= 11 is 3.58. The molecule has 1 aromatic heterocycles. The minimum atomic E-state index is 0.634. The summed E-state index contributed by atoms with van der Waals surface area (Å²) in [6, 6.07) is 7.01. The Kier molecular flexibility index (Phi) is 4.38. The molecule has 1 aliphatic rings. The van der Waals surface area contributed by atoms with Crippen molar-refractivity contribution in [3.8, 4) is 5.75 Å². The Morgan fingerprint density at radius 3 is 3.00 bits per heavy atom. The van der Waals surface area contributed by atoms with Gasteiger partial charge in [-0.05, 0) is 46.5 Å². The molecule has 5 heteroatoms. The quantitative estimate of drug-likeness (QED) is 0.845. The summed E-state index contributed by atoms with van der Waals surface area (Å²) in [4.78, 5) is 4.01. The van der Waals surface area contributed by atoms with Gasteiger partial charge in [0.2, 0.25) is 0 Å². The smallest absolute Gasteiger partial charge is 0.133 e. The van der Waals surface area contributed by atoms with Crippen LogP contribution in [0.4, 0.5) is 0 Å². The van der Waals surface area contributed by atoms with Crippen LogP contribution in [0.5, 0.6) is 5.75 Å². The van der Waals surface area contributed by atoms with Crippen molar-refractivity contribution in [3.63, 3.8) is 0 Å². The third kappa shape index (κ3) is 3.84. The molecule has 0 saturated heterocycles. The molecule has 1 aromatic carbocycles. The third-order valence-electron chi connectivity index (χ3n) is 3.33. The van der Waals surface area contributed by atoms with Gasteiger partial charge in [0.05, 0.1) is 17.3 Å². The van der Waals surface area contributed by atoms with Crippen molar-refractivity contribution in [1.29, 1.82) is 0 Å². The second-order valence-corrected chi connectivity index (χ2v) is 5.92. The molecular weight excluding hydrogens is 318 g/mol. The summed E-state index contributed by atoms with van der Waals surface area (Å²) in [6.45, 7) is 2.37. The first-order valence-corrected chi connectivity index (χ1v) is 7.71. The van der Waals surface area contributed by atoms with E-state index in [9.17, 15) is 0 Å². The largest absolute Gasteiger partial charge is 0.491 e. The summed E-state index contributed by atoms with van der Waals surface area (Å²) in [5, 5.41) is 3.51. The number of imidazole rings is 1. The fourth-order valence-electron chi connectivity index (χ4n) is 2.00. The van der Waals surface area contributed by atoms with Crippen molar-refractivity contribution >= 4 is 15.9 Å². The third-order valence-corrected chi connectivity index (χ3v) is 3.95. The van der Waals surface area contributed by atoms with Gasteiger partial charge in [0.1, 0.15) is 12.4 Å². The molecule has 3 rings (SSSR count). The van der Waals surface area contributed by atoms with Crippen molar-refractivity contribution in [2.45, 2.75) is 32.0 Å². The van der Waals surface area contributed by atoms with Gasteiger partial charge >= 0.3 is 0 Å². The van der Waals surface area contributed by atoms with Gasteiger partial charge in [0.25, 0.3) is 0 Å². The SMILES string of the molecule is Brc1cc(CNC2CC2)ccc1OCCn1ccnc1. The second kappa shape index (κ2) is 6.41. The number of hydrogen-bond donors (Lipinski definition) is 1. The van der Waals surface area contributed by atoms with Gasteiger partial charge in [-0.3, -0.25) is 0 Å². The minimum Gasteiger partial charge on any atom is -0.491 e. The number of aromatic nitrogens is 2. The Labute approximate surface area is 127 Å². The van der Waals surface area contributed by atoms with Crippen molar-refractivity contribution < 1.29 is 4.74 Å². The first-order valence-electron chi connectivity index (χ1n) is 6.91. The monoisotopic (exact) mass is 335 g/mol. The van der Waals surface area contributed by atoms with E-state index in [2.05, 4.69) is 38.4 Å². The molecule has 0 unspecified atom stereocenters. The highest BCUT2D eigenvalue weighted by atomic mass is 79.9. The van der Waals surface area contributed by atoms with E-state index < -0.39 is 0 Å². The molecule has 0 aliphatic heterocycles. The molecule has 0 atom stereocenters. The van der Waals surface area contributed by atoms with Crippen molar-refractivity contribution in [1.82, 2.24) is 14.9 Å². The normalized spacial score (nSPS) is 14.4. The molecular formula is C15H18BrN3O. The maximum atomic E-state index is 5.79. The van der Waals surface area contributed by atoms with Gasteiger partial charge in [0, 0.05) is 25.0 Å². The van der Waals surface area contributed by atoms with Crippen LogP contribution < -0.4 is 10.1 Å². The Bertz CT molecular complexity index is 552. The Morgan fingerprint density at radius 2 is 2.30 bits per heavy atom. The van der Waals surface area contributed by atoms with Gasteiger partial charge in [-0.15, -0.1) is 0 Å². The molecule has 0 bridgehead atoms. The highest BCUT2D eigenvalue weighted by molar-refractivity contribution is 9.10. The van der Waals surface area contributed by atoms with Crippen LogP contribution in [-0.2, 0) is 13.1 Å². The van der Waals surface area contributed by atoms with E-state index in [1.807, 2.05) is 16.8 Å². The summed E-state index contributed by atoms with van der Waals surface area (Å²) in [6.07, 6.45) is 8.14. The predicted octanol–water partition coefficient (Wildman–Crippen LogP) is 2.98. The van der Waals surface area contributed by atoms with Crippen molar-refractivity contribution in [2.24, 2.45) is 0 Å². The molecule has 20 heavy (non-hydrogen) atoms. The van der Waals surface area contributed by atoms with Crippen LogP contribution in [0.1, 0.15) is 18.4 Å². The molecule has 1 aliphatic carbocycles. The lowest BCUT2D eigenvalue weighted by atomic mass is 10.2. The van der Waals surface area contributed by atoms with E-state index in [1.165, 1.54) is 18.4 Å². The van der Waals surface area contributed by atoms with Gasteiger partial charge in [0.15, 0.2) is 0 Å². The maximum absolute atomic E-state index is 5.79. The fraction of sp³-hybridized carbons (Fsp3) is 0.400. The van der Waals surface area contributed by atoms with E-state index in [0.29, 0.717) is 6.61 Å². The Hall–Kier alpha value is -1.33. The van der Waals surface area contributed by atoms with Crippen molar-refractivity contribution in [3.05, 3.63) is 47.0 Å². The summed E-state index contributed by atoms with van der Waals surface area (Å²) in [7, 11) is 0. The molecule has 4 nitrogen and oxygen atoms in total. The summed E-state index contributed by atoms with van der Waals surface area (Å²) in [5.74, 6) is 0.889. The zero-order valence-electron chi connectivity index (χ0n) is 11.3. The number of nitrogens with one attached hydrogen (secondary N) is 1. The van der Waals surface area contributed by atoms with Crippen LogP contribution in [0, 0.1) is 0 Å². The lowest BCUT2D eigenvalue weighted by Gasteiger charge is -2.10. The second-order valence-electron chi connectivity index (χ2n) is 5.07. The molecule has 1 heterocycles. The molecule has 0 amide bonds. The van der Waals surface area contributed by atoms with E-state index >= 15 is 0 Å². The summed E-state index contributed by atoms with van der Waals surface area (Å²) < 4.78 is 8.80. The molecule has 1 N–H and O–H groups in total.